The molecule has 53 heavy (non-hydrogen) atoms. The summed E-state index contributed by atoms with van der Waals surface area (Å²) >= 11 is 0. The molecule has 0 N–H and O–H groups in total. The van der Waals surface area contributed by atoms with Crippen molar-refractivity contribution in [2.75, 3.05) is 13.1 Å². The van der Waals surface area contributed by atoms with Crippen LogP contribution in [-0.2, 0) is 44.5 Å². The quantitative estimate of drug-likeness (QED) is 0.0846. The highest BCUT2D eigenvalue weighted by Gasteiger charge is 2.57. The van der Waals surface area contributed by atoms with Crippen LogP contribution in [0.4, 0.5) is 9.59 Å². The number of hydrogen-bond donors (Lipinski definition) is 0. The number of benzene rings is 1. The predicted octanol–water partition coefficient (Wildman–Crippen LogP) is 8.10. The number of ether oxygens (including phenoxy) is 4. The first-order chi connectivity index (χ1) is 24.2. The van der Waals surface area contributed by atoms with Crippen LogP contribution < -0.4 is 0 Å². The van der Waals surface area contributed by atoms with Gasteiger partial charge < -0.3 is 33.2 Å². The molecule has 2 aliphatic rings. The molecular formula is C40H65BN2O10. The smallest absolute Gasteiger partial charge is 0.457 e. The molecular weight excluding hydrogens is 679 g/mol. The SMILES string of the molecule is CC(C)(C)OC(=O)CCCN(C(=O)OC(C)(C)C)[C@H]1CN(C(=O)OC(C)(C)C)[C@@](CCCCB2OC(C)(C)C(C)(C)O2)(C(=O)OCc2ccccc2)C1. The Morgan fingerprint density at radius 3 is 1.92 bits per heavy atom. The van der Waals surface area contributed by atoms with E-state index in [0.29, 0.717) is 19.2 Å². The van der Waals surface area contributed by atoms with E-state index in [2.05, 4.69) is 0 Å². The summed E-state index contributed by atoms with van der Waals surface area (Å²) in [6.07, 6.45) is 1.17. The highest BCUT2D eigenvalue weighted by Crippen LogP contribution is 2.41. The van der Waals surface area contributed by atoms with Crippen molar-refractivity contribution in [3.05, 3.63) is 35.9 Å². The summed E-state index contributed by atoms with van der Waals surface area (Å²) < 4.78 is 35.7. The van der Waals surface area contributed by atoms with Crippen LogP contribution in [-0.4, -0.2) is 93.7 Å². The Morgan fingerprint density at radius 2 is 1.38 bits per heavy atom. The van der Waals surface area contributed by atoms with E-state index in [4.69, 9.17) is 28.3 Å². The van der Waals surface area contributed by atoms with Crippen LogP contribution >= 0.6 is 0 Å². The predicted molar refractivity (Wildman–Crippen MR) is 203 cm³/mol. The third kappa shape index (κ3) is 12.9. The molecule has 2 atom stereocenters. The molecule has 0 aromatic heterocycles. The van der Waals surface area contributed by atoms with Gasteiger partial charge in [-0.2, -0.15) is 0 Å². The van der Waals surface area contributed by atoms with Gasteiger partial charge in [-0.25, -0.2) is 14.4 Å². The number of unbranched alkanes of at least 4 members (excludes halogenated alkanes) is 1. The largest absolute Gasteiger partial charge is 0.460 e. The van der Waals surface area contributed by atoms with Gasteiger partial charge >= 0.3 is 31.2 Å². The lowest BCUT2D eigenvalue weighted by Crippen LogP contribution is -2.55. The van der Waals surface area contributed by atoms with Gasteiger partial charge in [0.25, 0.3) is 0 Å². The summed E-state index contributed by atoms with van der Waals surface area (Å²) in [6.45, 7) is 24.2. The van der Waals surface area contributed by atoms with Crippen LogP contribution in [0.25, 0.3) is 0 Å². The minimum atomic E-state index is -1.47. The van der Waals surface area contributed by atoms with Gasteiger partial charge in [-0.05, 0) is 115 Å². The highest BCUT2D eigenvalue weighted by atomic mass is 16.7. The summed E-state index contributed by atoms with van der Waals surface area (Å²) in [5.41, 5.74) is -3.94. The number of amides is 2. The molecule has 2 fully saturated rings. The Bertz CT molecular complexity index is 1400. The van der Waals surface area contributed by atoms with Gasteiger partial charge in [0.2, 0.25) is 0 Å². The van der Waals surface area contributed by atoms with Gasteiger partial charge in [0.1, 0.15) is 28.9 Å². The average molecular weight is 745 g/mol. The zero-order valence-electron chi connectivity index (χ0n) is 34.6. The van der Waals surface area contributed by atoms with E-state index in [0.717, 1.165) is 5.56 Å². The summed E-state index contributed by atoms with van der Waals surface area (Å²) in [5, 5.41) is 0. The highest BCUT2D eigenvalue weighted by molar-refractivity contribution is 6.45. The molecule has 0 saturated carbocycles. The number of esters is 2. The first-order valence-electron chi connectivity index (χ1n) is 19.0. The summed E-state index contributed by atoms with van der Waals surface area (Å²) in [5.74, 6) is -0.965. The number of carbonyl (C=O) groups excluding carboxylic acids is 4. The van der Waals surface area contributed by atoms with Crippen LogP contribution in [0.15, 0.2) is 30.3 Å². The number of rotatable bonds is 13. The van der Waals surface area contributed by atoms with Crippen molar-refractivity contribution in [3.63, 3.8) is 0 Å². The van der Waals surface area contributed by atoms with E-state index < -0.39 is 64.9 Å². The van der Waals surface area contributed by atoms with E-state index in [1.165, 1.54) is 9.80 Å². The van der Waals surface area contributed by atoms with E-state index in [9.17, 15) is 19.2 Å². The minimum absolute atomic E-state index is 0.00173. The second-order valence-electron chi connectivity index (χ2n) is 18.3. The van der Waals surface area contributed by atoms with Crippen LogP contribution in [0.1, 0.15) is 134 Å². The van der Waals surface area contributed by atoms with E-state index >= 15 is 0 Å². The Kier molecular flexibility index (Phi) is 14.1. The monoisotopic (exact) mass is 744 g/mol. The maximum atomic E-state index is 14.5. The van der Waals surface area contributed by atoms with Gasteiger partial charge in [0.05, 0.1) is 17.2 Å². The fourth-order valence-corrected chi connectivity index (χ4v) is 6.46. The van der Waals surface area contributed by atoms with Crippen LogP contribution in [0.3, 0.4) is 0 Å². The molecule has 0 spiro atoms. The van der Waals surface area contributed by atoms with Crippen molar-refractivity contribution in [1.82, 2.24) is 9.80 Å². The molecule has 1 aromatic carbocycles. The van der Waals surface area contributed by atoms with Crippen molar-refractivity contribution in [2.24, 2.45) is 0 Å². The minimum Gasteiger partial charge on any atom is -0.460 e. The van der Waals surface area contributed by atoms with Crippen LogP contribution in [0.5, 0.6) is 0 Å². The third-order valence-electron chi connectivity index (χ3n) is 9.54. The molecule has 13 heteroatoms. The standard InChI is InChI=1S/C40H65BN2O10/c1-35(2,3)49-31(44)22-19-25-42(33(46)50-36(4,5)6)30-26-40(43(27-30)34(47)51-37(7,8)9,32(45)48-28-29-20-15-14-16-21-29)23-17-18-24-41-52-38(10,11)39(12,13)53-41/h14-16,20-21,30H,17-19,22-28H2,1-13H3/t30-,40-/m1/s1. The lowest BCUT2D eigenvalue weighted by Gasteiger charge is -2.37. The summed E-state index contributed by atoms with van der Waals surface area (Å²) in [7, 11) is -0.410. The van der Waals surface area contributed by atoms with Crippen molar-refractivity contribution in [1.29, 1.82) is 0 Å². The number of nitrogens with zero attached hydrogens (tertiary/aromatic N) is 2. The fourth-order valence-electron chi connectivity index (χ4n) is 6.46. The summed E-state index contributed by atoms with van der Waals surface area (Å²) in [6, 6.07) is 8.69. The molecule has 1 aromatic rings. The number of carbonyl (C=O) groups is 4. The maximum absolute atomic E-state index is 14.5. The maximum Gasteiger partial charge on any atom is 0.457 e. The zero-order chi connectivity index (χ0) is 40.0. The molecule has 0 aliphatic carbocycles. The molecule has 2 amide bonds. The average Bonchev–Trinajstić information content (AvgIpc) is 3.47. The van der Waals surface area contributed by atoms with E-state index in [-0.39, 0.29) is 51.3 Å². The molecule has 2 heterocycles. The van der Waals surface area contributed by atoms with Crippen molar-refractivity contribution < 1.29 is 47.4 Å². The van der Waals surface area contributed by atoms with Crippen molar-refractivity contribution in [2.45, 2.75) is 181 Å². The molecule has 298 valence electrons. The lowest BCUT2D eigenvalue weighted by atomic mass is 9.80. The normalized spacial score (nSPS) is 21.3. The van der Waals surface area contributed by atoms with E-state index in [1.807, 2.05) is 58.0 Å². The van der Waals surface area contributed by atoms with Gasteiger partial charge in [-0.3, -0.25) is 9.69 Å². The second kappa shape index (κ2) is 17.0. The Hall–Kier alpha value is -3.32. The first-order valence-corrected chi connectivity index (χ1v) is 19.0. The Labute approximate surface area is 318 Å². The van der Waals surface area contributed by atoms with Gasteiger partial charge in [0, 0.05) is 25.9 Å². The van der Waals surface area contributed by atoms with Gasteiger partial charge in [0.15, 0.2) is 0 Å². The van der Waals surface area contributed by atoms with Crippen LogP contribution in [0.2, 0.25) is 6.32 Å². The molecule has 3 rings (SSSR count). The Balaban J connectivity index is 1.97. The molecule has 12 nitrogen and oxygen atoms in total. The fraction of sp³-hybridized carbons (Fsp3) is 0.750. The third-order valence-corrected chi connectivity index (χ3v) is 9.54. The molecule has 0 bridgehead atoms. The van der Waals surface area contributed by atoms with Crippen molar-refractivity contribution in [3.8, 4) is 0 Å². The number of likely N-dealkylation sites (tertiary alicyclic amines) is 1. The molecule has 2 aliphatic heterocycles. The summed E-state index contributed by atoms with van der Waals surface area (Å²) in [4.78, 5) is 58.1. The first kappa shape index (κ1) is 44.1. The van der Waals surface area contributed by atoms with Crippen molar-refractivity contribution >= 4 is 31.2 Å². The van der Waals surface area contributed by atoms with E-state index in [1.54, 1.807) is 62.3 Å². The molecule has 0 radical (unpaired) electrons. The lowest BCUT2D eigenvalue weighted by molar-refractivity contribution is -0.158. The zero-order valence-corrected chi connectivity index (χ0v) is 34.6. The molecule has 0 unspecified atom stereocenters. The molecule has 2 saturated heterocycles. The Morgan fingerprint density at radius 1 is 0.811 bits per heavy atom. The van der Waals surface area contributed by atoms with Gasteiger partial charge in [-0.1, -0.05) is 43.2 Å². The van der Waals surface area contributed by atoms with Gasteiger partial charge in [-0.15, -0.1) is 0 Å². The second-order valence-corrected chi connectivity index (χ2v) is 18.3. The van der Waals surface area contributed by atoms with Crippen LogP contribution in [0, 0.1) is 0 Å². The number of hydrogen-bond acceptors (Lipinski definition) is 10. The topological polar surface area (TPSA) is 130 Å².